The number of hydrogen-bond acceptors (Lipinski definition) is 6. The van der Waals surface area contributed by atoms with Crippen molar-refractivity contribution in [2.24, 2.45) is 5.41 Å². The lowest BCUT2D eigenvalue weighted by Gasteiger charge is -2.44. The molecule has 0 aromatic heterocycles. The van der Waals surface area contributed by atoms with Gasteiger partial charge in [0.05, 0.1) is 26.3 Å². The topological polar surface area (TPSA) is 63.7 Å². The summed E-state index contributed by atoms with van der Waals surface area (Å²) < 4.78 is 22.6. The minimum Gasteiger partial charge on any atom is -0.497 e. The average molecular weight is 522 g/mol. The summed E-state index contributed by atoms with van der Waals surface area (Å²) in [5.74, 6) is 1.61. The van der Waals surface area contributed by atoms with Crippen LogP contribution >= 0.6 is 0 Å². The minimum atomic E-state index is -0.289. The number of likely N-dealkylation sites (tertiary alicyclic amines) is 1. The molecule has 3 fully saturated rings. The van der Waals surface area contributed by atoms with Gasteiger partial charge < -0.3 is 23.8 Å². The number of amides is 2. The Morgan fingerprint density at radius 1 is 1.00 bits per heavy atom. The molecule has 2 amide bonds. The number of methoxy groups -OCH3 is 2. The predicted molar refractivity (Wildman–Crippen MR) is 144 cm³/mol. The van der Waals surface area contributed by atoms with Crippen LogP contribution in [0.2, 0.25) is 0 Å². The van der Waals surface area contributed by atoms with Crippen LogP contribution in [0.15, 0.2) is 53.3 Å². The summed E-state index contributed by atoms with van der Waals surface area (Å²) in [6, 6.07) is 6.18. The van der Waals surface area contributed by atoms with Crippen LogP contribution in [0.1, 0.15) is 39.2 Å². The molecular weight excluding hydrogens is 482 g/mol. The number of carbonyl (C=O) groups excluding carboxylic acids is 1. The maximum atomic E-state index is 13.9. The number of urea groups is 1. The molecule has 0 N–H and O–H groups in total. The van der Waals surface area contributed by atoms with E-state index in [-0.39, 0.29) is 29.2 Å². The number of hydrogen-bond donors (Lipinski definition) is 0. The number of benzene rings is 1. The molecule has 1 aliphatic carbocycles. The van der Waals surface area contributed by atoms with Crippen molar-refractivity contribution in [1.82, 2.24) is 14.7 Å². The van der Waals surface area contributed by atoms with Crippen molar-refractivity contribution in [3.8, 4) is 11.5 Å². The maximum Gasteiger partial charge on any atom is 0.325 e. The van der Waals surface area contributed by atoms with Crippen LogP contribution in [-0.4, -0.2) is 85.7 Å². The second-order valence-corrected chi connectivity index (χ2v) is 11.5. The van der Waals surface area contributed by atoms with Crippen molar-refractivity contribution >= 4 is 6.03 Å². The number of nitrogens with zero attached hydrogens (tertiary/aromatic N) is 3. The van der Waals surface area contributed by atoms with E-state index in [2.05, 4.69) is 60.9 Å². The molecule has 38 heavy (non-hydrogen) atoms. The third kappa shape index (κ3) is 4.05. The molecule has 5 aliphatic rings. The average Bonchev–Trinajstić information content (AvgIpc) is 3.42. The van der Waals surface area contributed by atoms with Crippen LogP contribution in [0.4, 0.5) is 4.79 Å². The predicted octanol–water partition coefficient (Wildman–Crippen LogP) is 4.33. The molecular formula is C30H39N3O5. The summed E-state index contributed by atoms with van der Waals surface area (Å²) in [6.07, 6.45) is 8.47. The fourth-order valence-electron chi connectivity index (χ4n) is 7.04. The van der Waals surface area contributed by atoms with Crippen molar-refractivity contribution in [2.75, 3.05) is 47.2 Å². The molecule has 1 aromatic carbocycles. The van der Waals surface area contributed by atoms with Crippen LogP contribution in [0, 0.1) is 5.41 Å². The van der Waals surface area contributed by atoms with Crippen LogP contribution in [0.25, 0.3) is 0 Å². The SMILES string of the molecule is CCN1C(=O)N2CC3=CC4OCOC4C=C3C(C)(C)C=C2C12CCN(Cc1cc(OC)cc(OC)c1)CC2. The van der Waals surface area contributed by atoms with Gasteiger partial charge in [-0.1, -0.05) is 19.9 Å². The van der Waals surface area contributed by atoms with E-state index in [9.17, 15) is 4.79 Å². The molecule has 1 spiro atoms. The number of rotatable bonds is 5. The fraction of sp³-hybridized carbons (Fsp3) is 0.567. The highest BCUT2D eigenvalue weighted by molar-refractivity contribution is 5.83. The third-order valence-corrected chi connectivity index (χ3v) is 8.97. The molecule has 204 valence electrons. The first-order valence-corrected chi connectivity index (χ1v) is 13.7. The molecule has 8 nitrogen and oxygen atoms in total. The number of allylic oxidation sites excluding steroid dienone is 1. The van der Waals surface area contributed by atoms with Crippen LogP contribution in [0.5, 0.6) is 11.5 Å². The Bertz CT molecular complexity index is 1190. The Balaban J connectivity index is 1.29. The summed E-state index contributed by atoms with van der Waals surface area (Å²) in [5, 5.41) is 0. The molecule has 0 radical (unpaired) electrons. The van der Waals surface area contributed by atoms with Crippen molar-refractivity contribution in [2.45, 2.75) is 57.9 Å². The van der Waals surface area contributed by atoms with Crippen molar-refractivity contribution < 1.29 is 23.7 Å². The number of ether oxygens (including phenoxy) is 4. The molecule has 8 heteroatoms. The van der Waals surface area contributed by atoms with Gasteiger partial charge in [-0.3, -0.25) is 9.80 Å². The highest BCUT2D eigenvalue weighted by atomic mass is 16.7. The first-order valence-electron chi connectivity index (χ1n) is 13.7. The summed E-state index contributed by atoms with van der Waals surface area (Å²) in [6.45, 7) is 10.9. The summed E-state index contributed by atoms with van der Waals surface area (Å²) in [4.78, 5) is 20.5. The second-order valence-electron chi connectivity index (χ2n) is 11.5. The van der Waals surface area contributed by atoms with Crippen molar-refractivity contribution in [3.05, 3.63) is 58.8 Å². The molecule has 1 aromatic rings. The van der Waals surface area contributed by atoms with Crippen LogP contribution < -0.4 is 9.47 Å². The standard InChI is InChI=1S/C30H39N3O5/c1-6-33-28(34)32-18-21-13-25-26(38-19-37-25)15-24(21)29(2,3)16-27(32)30(33)7-9-31(10-8-30)17-20-11-22(35-4)14-23(12-20)36-5/h11-16,25-26H,6-10,17-19H2,1-5H3. The zero-order chi connectivity index (χ0) is 26.7. The lowest BCUT2D eigenvalue weighted by atomic mass is 9.74. The van der Waals surface area contributed by atoms with E-state index in [0.717, 1.165) is 44.0 Å². The van der Waals surface area contributed by atoms with E-state index in [0.29, 0.717) is 19.9 Å². The number of piperidine rings is 1. The van der Waals surface area contributed by atoms with Crippen molar-refractivity contribution in [1.29, 1.82) is 0 Å². The number of fused-ring (bicyclic) bond motifs is 4. The lowest BCUT2D eigenvalue weighted by molar-refractivity contribution is 0.0502. The van der Waals surface area contributed by atoms with E-state index < -0.39 is 0 Å². The molecule has 2 atom stereocenters. The Labute approximate surface area is 225 Å². The summed E-state index contributed by atoms with van der Waals surface area (Å²) >= 11 is 0. The highest BCUT2D eigenvalue weighted by Crippen LogP contribution is 2.50. The molecule has 0 bridgehead atoms. The van der Waals surface area contributed by atoms with Gasteiger partial charge in [-0.2, -0.15) is 0 Å². The monoisotopic (exact) mass is 521 g/mol. The van der Waals surface area contributed by atoms with Gasteiger partial charge in [0.2, 0.25) is 0 Å². The van der Waals surface area contributed by atoms with Gasteiger partial charge in [0.25, 0.3) is 0 Å². The molecule has 4 heterocycles. The molecule has 2 unspecified atom stereocenters. The maximum absolute atomic E-state index is 13.9. The first kappa shape index (κ1) is 25.5. The quantitative estimate of drug-likeness (QED) is 0.575. The number of carbonyl (C=O) groups is 1. The van der Waals surface area contributed by atoms with Gasteiger partial charge in [0.1, 0.15) is 30.5 Å². The second kappa shape index (κ2) is 9.43. The van der Waals surface area contributed by atoms with Crippen molar-refractivity contribution in [3.63, 3.8) is 0 Å². The normalized spacial score (nSPS) is 27.7. The number of likely N-dealkylation sites (N-methyl/N-ethyl adjacent to an activating group) is 1. The van der Waals surface area contributed by atoms with Gasteiger partial charge in [0.15, 0.2) is 0 Å². The lowest BCUT2D eigenvalue weighted by Crippen LogP contribution is -2.53. The van der Waals surface area contributed by atoms with E-state index in [1.807, 2.05) is 11.0 Å². The van der Waals surface area contributed by atoms with Gasteiger partial charge in [-0.05, 0) is 60.8 Å². The highest BCUT2D eigenvalue weighted by Gasteiger charge is 2.56. The Kier molecular flexibility index (Phi) is 6.32. The molecule has 3 saturated heterocycles. The summed E-state index contributed by atoms with van der Waals surface area (Å²) in [5.41, 5.74) is 4.25. The molecule has 4 aliphatic heterocycles. The smallest absolute Gasteiger partial charge is 0.325 e. The van der Waals surface area contributed by atoms with Gasteiger partial charge in [0, 0.05) is 43.4 Å². The summed E-state index contributed by atoms with van der Waals surface area (Å²) in [7, 11) is 3.37. The van der Waals surface area contributed by atoms with Gasteiger partial charge in [-0.15, -0.1) is 0 Å². The van der Waals surface area contributed by atoms with Gasteiger partial charge in [-0.25, -0.2) is 4.79 Å². The zero-order valence-electron chi connectivity index (χ0n) is 23.2. The van der Waals surface area contributed by atoms with Crippen LogP contribution in [-0.2, 0) is 16.0 Å². The first-order chi connectivity index (χ1) is 18.3. The Hall–Kier alpha value is -2.81. The zero-order valence-corrected chi connectivity index (χ0v) is 23.2. The molecule has 6 rings (SSSR count). The third-order valence-electron chi connectivity index (χ3n) is 8.97. The Morgan fingerprint density at radius 3 is 2.29 bits per heavy atom. The van der Waals surface area contributed by atoms with Crippen LogP contribution in [0.3, 0.4) is 0 Å². The van der Waals surface area contributed by atoms with Gasteiger partial charge >= 0.3 is 6.03 Å². The minimum absolute atomic E-state index is 0.0466. The van der Waals surface area contributed by atoms with E-state index >= 15 is 0 Å². The Morgan fingerprint density at radius 2 is 1.66 bits per heavy atom. The fourth-order valence-corrected chi connectivity index (χ4v) is 7.04. The molecule has 0 saturated carbocycles. The largest absolute Gasteiger partial charge is 0.497 e. The van der Waals surface area contributed by atoms with E-state index in [4.69, 9.17) is 18.9 Å². The van der Waals surface area contributed by atoms with E-state index in [1.54, 1.807) is 14.2 Å². The van der Waals surface area contributed by atoms with E-state index in [1.165, 1.54) is 22.4 Å².